The number of aromatic nitrogens is 2. The second-order valence-corrected chi connectivity index (χ2v) is 7.11. The Morgan fingerprint density at radius 1 is 1.27 bits per heavy atom. The highest BCUT2D eigenvalue weighted by Crippen LogP contribution is 2.30. The van der Waals surface area contributed by atoms with Gasteiger partial charge < -0.3 is 10.6 Å². The Morgan fingerprint density at radius 3 is 2.58 bits per heavy atom. The molecule has 142 valence electrons. The Bertz CT molecular complexity index is 689. The third kappa shape index (κ3) is 3.32. The van der Waals surface area contributed by atoms with E-state index >= 15 is 0 Å². The minimum atomic E-state index is -0.888. The number of nitrogens with one attached hydrogen (secondary N) is 2. The summed E-state index contributed by atoms with van der Waals surface area (Å²) in [5.74, 6) is -0.108. The third-order valence-corrected chi connectivity index (χ3v) is 5.61. The lowest BCUT2D eigenvalue weighted by molar-refractivity contribution is -0.134. The van der Waals surface area contributed by atoms with Crippen LogP contribution in [0, 0.1) is 0 Å². The first-order valence-corrected chi connectivity index (χ1v) is 9.48. The molecule has 1 aliphatic carbocycles. The molecule has 8 heteroatoms. The Morgan fingerprint density at radius 2 is 1.96 bits per heavy atom. The van der Waals surface area contributed by atoms with E-state index in [0.29, 0.717) is 24.7 Å². The fourth-order valence-electron chi connectivity index (χ4n) is 3.90. The number of rotatable bonds is 6. The molecule has 0 radical (unpaired) electrons. The maximum Gasteiger partial charge on any atom is 0.325 e. The van der Waals surface area contributed by atoms with Crippen molar-refractivity contribution in [3.63, 3.8) is 0 Å². The SMILES string of the molecule is CCC1(CC)NC(=O)N(CC(=O)Nc2ccnn2C2CCCCC2)C1=O. The summed E-state index contributed by atoms with van der Waals surface area (Å²) in [6.07, 6.45) is 8.33. The third-order valence-electron chi connectivity index (χ3n) is 5.61. The van der Waals surface area contributed by atoms with Crippen LogP contribution in [-0.2, 0) is 9.59 Å². The molecule has 0 aromatic carbocycles. The van der Waals surface area contributed by atoms with E-state index in [0.717, 1.165) is 30.6 Å². The van der Waals surface area contributed by atoms with Gasteiger partial charge in [0.15, 0.2) is 0 Å². The number of amides is 4. The van der Waals surface area contributed by atoms with Gasteiger partial charge in [-0.15, -0.1) is 0 Å². The number of nitrogens with zero attached hydrogens (tertiary/aromatic N) is 3. The standard InChI is InChI=1S/C18H27N5O3/c1-3-18(4-2)16(25)22(17(26)21-18)12-15(24)20-14-10-11-19-23(14)13-8-6-5-7-9-13/h10-11,13H,3-9,12H2,1-2H3,(H,20,24)(H,21,26). The molecule has 26 heavy (non-hydrogen) atoms. The van der Waals surface area contributed by atoms with Crippen LogP contribution in [0.15, 0.2) is 12.3 Å². The van der Waals surface area contributed by atoms with Crippen LogP contribution in [0.5, 0.6) is 0 Å². The number of carbonyl (C=O) groups excluding carboxylic acids is 3. The fraction of sp³-hybridized carbons (Fsp3) is 0.667. The van der Waals surface area contributed by atoms with Crippen LogP contribution < -0.4 is 10.6 Å². The van der Waals surface area contributed by atoms with Crippen molar-refractivity contribution < 1.29 is 14.4 Å². The van der Waals surface area contributed by atoms with Crippen molar-refractivity contribution >= 4 is 23.7 Å². The molecule has 1 aromatic rings. The molecule has 8 nitrogen and oxygen atoms in total. The molecular formula is C18H27N5O3. The van der Waals surface area contributed by atoms with Crippen LogP contribution in [-0.4, -0.2) is 44.6 Å². The molecule has 2 heterocycles. The zero-order valence-electron chi connectivity index (χ0n) is 15.5. The van der Waals surface area contributed by atoms with E-state index in [2.05, 4.69) is 15.7 Å². The molecule has 0 atom stereocenters. The van der Waals surface area contributed by atoms with E-state index < -0.39 is 17.5 Å². The minimum Gasteiger partial charge on any atom is -0.323 e. The summed E-state index contributed by atoms with van der Waals surface area (Å²) in [4.78, 5) is 38.2. The first-order valence-electron chi connectivity index (χ1n) is 9.48. The average Bonchev–Trinajstić information content (AvgIpc) is 3.20. The molecule has 2 aliphatic rings. The molecule has 3 rings (SSSR count). The van der Waals surface area contributed by atoms with E-state index in [1.807, 2.05) is 18.5 Å². The predicted molar refractivity (Wildman–Crippen MR) is 96.5 cm³/mol. The van der Waals surface area contributed by atoms with E-state index in [9.17, 15) is 14.4 Å². The van der Waals surface area contributed by atoms with E-state index in [1.165, 1.54) is 6.42 Å². The Hall–Kier alpha value is -2.38. The summed E-state index contributed by atoms with van der Waals surface area (Å²) >= 11 is 0. The smallest absolute Gasteiger partial charge is 0.323 e. The van der Waals surface area contributed by atoms with Crippen molar-refractivity contribution in [2.24, 2.45) is 0 Å². The Balaban J connectivity index is 1.66. The van der Waals surface area contributed by atoms with Crippen molar-refractivity contribution in [2.75, 3.05) is 11.9 Å². The first-order chi connectivity index (χ1) is 12.5. The molecular weight excluding hydrogens is 334 g/mol. The number of anilines is 1. The molecule has 1 saturated carbocycles. The lowest BCUT2D eigenvalue weighted by atomic mass is 9.93. The van der Waals surface area contributed by atoms with Crippen molar-refractivity contribution in [3.05, 3.63) is 12.3 Å². The molecule has 4 amide bonds. The monoisotopic (exact) mass is 361 g/mol. The van der Waals surface area contributed by atoms with Crippen LogP contribution >= 0.6 is 0 Å². The average molecular weight is 361 g/mol. The van der Waals surface area contributed by atoms with Gasteiger partial charge in [0.1, 0.15) is 17.9 Å². The van der Waals surface area contributed by atoms with Crippen LogP contribution in [0.1, 0.15) is 64.8 Å². The van der Waals surface area contributed by atoms with Crippen molar-refractivity contribution in [1.29, 1.82) is 0 Å². The van der Waals surface area contributed by atoms with Gasteiger partial charge in [-0.25, -0.2) is 9.48 Å². The fourth-order valence-corrected chi connectivity index (χ4v) is 3.90. The number of urea groups is 1. The van der Waals surface area contributed by atoms with Gasteiger partial charge >= 0.3 is 6.03 Å². The van der Waals surface area contributed by atoms with Gasteiger partial charge in [-0.05, 0) is 25.7 Å². The summed E-state index contributed by atoms with van der Waals surface area (Å²) in [6.45, 7) is 3.42. The lowest BCUT2D eigenvalue weighted by Crippen LogP contribution is -2.46. The quantitative estimate of drug-likeness (QED) is 0.761. The summed E-state index contributed by atoms with van der Waals surface area (Å²) in [6, 6.07) is 1.54. The van der Waals surface area contributed by atoms with Crippen LogP contribution in [0.4, 0.5) is 10.6 Å². The highest BCUT2D eigenvalue weighted by molar-refractivity contribution is 6.10. The summed E-state index contributed by atoms with van der Waals surface area (Å²) in [5, 5.41) is 9.89. The Labute approximate surface area is 153 Å². The van der Waals surface area contributed by atoms with E-state index in [-0.39, 0.29) is 12.5 Å². The van der Waals surface area contributed by atoms with Gasteiger partial charge in [0.05, 0.1) is 12.2 Å². The molecule has 0 spiro atoms. The largest absolute Gasteiger partial charge is 0.325 e. The van der Waals surface area contributed by atoms with Crippen molar-refractivity contribution in [1.82, 2.24) is 20.0 Å². The minimum absolute atomic E-state index is 0.289. The summed E-state index contributed by atoms with van der Waals surface area (Å²) in [5.41, 5.74) is -0.888. The topological polar surface area (TPSA) is 96.3 Å². The second kappa shape index (κ2) is 7.47. The van der Waals surface area contributed by atoms with Gasteiger partial charge in [0.2, 0.25) is 5.91 Å². The number of hydrogen-bond donors (Lipinski definition) is 2. The lowest BCUT2D eigenvalue weighted by Gasteiger charge is -2.24. The molecule has 0 bridgehead atoms. The highest BCUT2D eigenvalue weighted by Gasteiger charge is 2.49. The second-order valence-electron chi connectivity index (χ2n) is 7.11. The van der Waals surface area contributed by atoms with Gasteiger partial charge in [-0.3, -0.25) is 14.5 Å². The van der Waals surface area contributed by atoms with E-state index in [1.54, 1.807) is 12.3 Å². The zero-order valence-corrected chi connectivity index (χ0v) is 15.5. The van der Waals surface area contributed by atoms with Crippen molar-refractivity contribution in [3.8, 4) is 0 Å². The molecule has 0 unspecified atom stereocenters. The molecule has 2 N–H and O–H groups in total. The van der Waals surface area contributed by atoms with E-state index in [4.69, 9.17) is 0 Å². The first kappa shape index (κ1) is 18.4. The zero-order chi connectivity index (χ0) is 18.7. The normalized spacial score (nSPS) is 20.3. The van der Waals surface area contributed by atoms with Gasteiger partial charge in [0.25, 0.3) is 5.91 Å². The van der Waals surface area contributed by atoms with Gasteiger partial charge in [-0.2, -0.15) is 5.10 Å². The van der Waals surface area contributed by atoms with Gasteiger partial charge in [0, 0.05) is 6.07 Å². The highest BCUT2D eigenvalue weighted by atomic mass is 16.2. The number of carbonyl (C=O) groups is 3. The number of hydrogen-bond acceptors (Lipinski definition) is 4. The number of imide groups is 1. The Kier molecular flexibility index (Phi) is 5.29. The molecule has 1 saturated heterocycles. The van der Waals surface area contributed by atoms with Crippen LogP contribution in [0.2, 0.25) is 0 Å². The maximum atomic E-state index is 12.6. The summed E-state index contributed by atoms with van der Waals surface area (Å²) < 4.78 is 1.85. The van der Waals surface area contributed by atoms with Crippen LogP contribution in [0.25, 0.3) is 0 Å². The molecule has 1 aromatic heterocycles. The predicted octanol–water partition coefficient (Wildman–Crippen LogP) is 2.44. The summed E-state index contributed by atoms with van der Waals surface area (Å²) in [7, 11) is 0. The maximum absolute atomic E-state index is 12.6. The molecule has 2 fully saturated rings. The van der Waals surface area contributed by atoms with Crippen LogP contribution in [0.3, 0.4) is 0 Å². The molecule has 1 aliphatic heterocycles. The van der Waals surface area contributed by atoms with Crippen molar-refractivity contribution in [2.45, 2.75) is 70.4 Å². The van der Waals surface area contributed by atoms with Gasteiger partial charge in [-0.1, -0.05) is 33.1 Å².